The first-order chi connectivity index (χ1) is 10.3. The highest BCUT2D eigenvalue weighted by Crippen LogP contribution is 2.34. The molecule has 2 heterocycles. The molecule has 0 saturated heterocycles. The molecule has 2 unspecified atom stereocenters. The van der Waals surface area contributed by atoms with Gasteiger partial charge in [0.15, 0.2) is 17.6 Å². The third kappa shape index (κ3) is 2.26. The van der Waals surface area contributed by atoms with E-state index in [4.69, 9.17) is 19.9 Å². The smallest absolute Gasteiger partial charge is 0.161 e. The third-order valence-electron chi connectivity index (χ3n) is 4.06. The van der Waals surface area contributed by atoms with Crippen molar-refractivity contribution in [1.29, 1.82) is 0 Å². The van der Waals surface area contributed by atoms with Gasteiger partial charge in [-0.05, 0) is 28.8 Å². The third-order valence-corrected chi connectivity index (χ3v) is 4.06. The van der Waals surface area contributed by atoms with E-state index in [0.717, 1.165) is 17.1 Å². The van der Waals surface area contributed by atoms with Gasteiger partial charge in [-0.15, -0.1) is 0 Å². The van der Waals surface area contributed by atoms with Crippen LogP contribution in [0.3, 0.4) is 0 Å². The first-order valence-corrected chi connectivity index (χ1v) is 7.15. The minimum absolute atomic E-state index is 0.180. The molecule has 21 heavy (non-hydrogen) atoms. The maximum atomic E-state index is 6.38. The first kappa shape index (κ1) is 12.7. The molecule has 2 aromatic rings. The summed E-state index contributed by atoms with van der Waals surface area (Å²) in [6.45, 7) is 1.83. The van der Waals surface area contributed by atoms with E-state index in [2.05, 4.69) is 18.2 Å². The van der Waals surface area contributed by atoms with Gasteiger partial charge in [0.05, 0.1) is 19.3 Å². The van der Waals surface area contributed by atoms with Gasteiger partial charge in [-0.25, -0.2) is 0 Å². The van der Waals surface area contributed by atoms with Gasteiger partial charge in [0, 0.05) is 0 Å². The Labute approximate surface area is 123 Å². The zero-order chi connectivity index (χ0) is 14.2. The second kappa shape index (κ2) is 5.06. The molecular weight excluding hydrogens is 266 g/mol. The summed E-state index contributed by atoms with van der Waals surface area (Å²) in [5.41, 5.74) is 9.91. The highest BCUT2D eigenvalue weighted by molar-refractivity contribution is 5.41. The van der Waals surface area contributed by atoms with Crippen LogP contribution in [0.2, 0.25) is 0 Å². The average Bonchev–Trinajstić information content (AvgIpc) is 3.01. The lowest BCUT2D eigenvalue weighted by Gasteiger charge is -2.30. The van der Waals surface area contributed by atoms with Crippen LogP contribution in [0.4, 0.5) is 0 Å². The largest absolute Gasteiger partial charge is 0.486 e. The van der Waals surface area contributed by atoms with Crippen molar-refractivity contribution in [1.82, 2.24) is 0 Å². The molecule has 2 aliphatic heterocycles. The van der Waals surface area contributed by atoms with Gasteiger partial charge in [0.1, 0.15) is 6.61 Å². The van der Waals surface area contributed by atoms with Crippen molar-refractivity contribution in [3.05, 3.63) is 59.2 Å². The number of ether oxygens (including phenoxy) is 3. The van der Waals surface area contributed by atoms with E-state index in [-0.39, 0.29) is 12.1 Å². The molecule has 0 saturated carbocycles. The summed E-state index contributed by atoms with van der Waals surface area (Å²) in [7, 11) is 0. The van der Waals surface area contributed by atoms with Crippen molar-refractivity contribution in [3.8, 4) is 11.5 Å². The molecule has 4 nitrogen and oxygen atoms in total. The first-order valence-electron chi connectivity index (χ1n) is 7.15. The van der Waals surface area contributed by atoms with E-state index in [1.165, 1.54) is 11.1 Å². The number of nitrogens with two attached hydrogens (primary N) is 1. The highest BCUT2D eigenvalue weighted by Gasteiger charge is 2.28. The van der Waals surface area contributed by atoms with E-state index >= 15 is 0 Å². The molecule has 0 radical (unpaired) electrons. The Morgan fingerprint density at radius 3 is 2.71 bits per heavy atom. The lowest BCUT2D eigenvalue weighted by Crippen LogP contribution is -2.39. The van der Waals surface area contributed by atoms with Crippen LogP contribution in [0.25, 0.3) is 0 Å². The lowest BCUT2D eigenvalue weighted by molar-refractivity contribution is 0.0721. The van der Waals surface area contributed by atoms with Gasteiger partial charge in [-0.1, -0.05) is 30.3 Å². The van der Waals surface area contributed by atoms with Gasteiger partial charge in [-0.2, -0.15) is 0 Å². The Morgan fingerprint density at radius 2 is 1.81 bits per heavy atom. The normalized spacial score (nSPS) is 20.9. The van der Waals surface area contributed by atoms with Crippen molar-refractivity contribution >= 4 is 0 Å². The van der Waals surface area contributed by atoms with E-state index < -0.39 is 0 Å². The molecule has 0 bridgehead atoms. The molecule has 4 heteroatoms. The number of rotatable bonds is 2. The fourth-order valence-corrected chi connectivity index (χ4v) is 2.83. The lowest BCUT2D eigenvalue weighted by atomic mass is 9.98. The standard InChI is InChI=1S/C17H17NO3/c18-17(11-5-6-12-8-19-9-13(12)7-11)16-10-20-14-3-1-2-4-15(14)21-16/h1-7,16-17H,8-10,18H2. The second-order valence-corrected chi connectivity index (χ2v) is 5.46. The summed E-state index contributed by atoms with van der Waals surface area (Å²) < 4.78 is 17.2. The van der Waals surface area contributed by atoms with Gasteiger partial charge in [0.25, 0.3) is 0 Å². The molecule has 2 aliphatic rings. The van der Waals surface area contributed by atoms with Crippen molar-refractivity contribution in [2.75, 3.05) is 6.61 Å². The van der Waals surface area contributed by atoms with Crippen molar-refractivity contribution in [2.24, 2.45) is 5.73 Å². The van der Waals surface area contributed by atoms with Crippen LogP contribution < -0.4 is 15.2 Å². The Morgan fingerprint density at radius 1 is 1.00 bits per heavy atom. The Bertz CT molecular complexity index is 671. The number of benzene rings is 2. The quantitative estimate of drug-likeness (QED) is 0.920. The Kier molecular flexibility index (Phi) is 3.05. The van der Waals surface area contributed by atoms with Crippen LogP contribution in [0.1, 0.15) is 22.7 Å². The van der Waals surface area contributed by atoms with E-state index in [9.17, 15) is 0 Å². The monoisotopic (exact) mass is 283 g/mol. The number of hydrogen-bond acceptors (Lipinski definition) is 4. The van der Waals surface area contributed by atoms with Crippen molar-refractivity contribution in [3.63, 3.8) is 0 Å². The predicted molar refractivity (Wildman–Crippen MR) is 78.2 cm³/mol. The second-order valence-electron chi connectivity index (χ2n) is 5.46. The SMILES string of the molecule is NC(c1ccc2c(c1)COC2)C1COc2ccccc2O1. The molecule has 2 aromatic carbocycles. The van der Waals surface area contributed by atoms with Gasteiger partial charge < -0.3 is 19.9 Å². The topological polar surface area (TPSA) is 53.7 Å². The molecule has 0 aliphatic carbocycles. The Hall–Kier alpha value is -2.04. The number of fused-ring (bicyclic) bond motifs is 2. The maximum absolute atomic E-state index is 6.38. The predicted octanol–water partition coefficient (Wildman–Crippen LogP) is 2.56. The molecular formula is C17H17NO3. The fraction of sp³-hybridized carbons (Fsp3) is 0.294. The summed E-state index contributed by atoms with van der Waals surface area (Å²) in [5, 5.41) is 0. The molecule has 2 atom stereocenters. The fourth-order valence-electron chi connectivity index (χ4n) is 2.83. The maximum Gasteiger partial charge on any atom is 0.161 e. The minimum atomic E-state index is -0.218. The molecule has 2 N–H and O–H groups in total. The van der Waals surface area contributed by atoms with Gasteiger partial charge in [-0.3, -0.25) is 0 Å². The molecule has 108 valence electrons. The van der Waals surface area contributed by atoms with Crippen LogP contribution in [0.5, 0.6) is 11.5 Å². The van der Waals surface area contributed by atoms with Gasteiger partial charge in [0.2, 0.25) is 0 Å². The van der Waals surface area contributed by atoms with Gasteiger partial charge >= 0.3 is 0 Å². The summed E-state index contributed by atoms with van der Waals surface area (Å²) in [6, 6.07) is 13.7. The highest BCUT2D eigenvalue weighted by atomic mass is 16.6. The van der Waals surface area contributed by atoms with Crippen LogP contribution in [-0.4, -0.2) is 12.7 Å². The molecule has 4 rings (SSSR count). The summed E-state index contributed by atoms with van der Waals surface area (Å²) >= 11 is 0. The molecule has 0 amide bonds. The van der Waals surface area contributed by atoms with E-state index in [1.807, 2.05) is 24.3 Å². The van der Waals surface area contributed by atoms with Crippen LogP contribution in [0.15, 0.2) is 42.5 Å². The average molecular weight is 283 g/mol. The van der Waals surface area contributed by atoms with Crippen LogP contribution in [0, 0.1) is 0 Å². The zero-order valence-corrected chi connectivity index (χ0v) is 11.6. The molecule has 0 aromatic heterocycles. The zero-order valence-electron chi connectivity index (χ0n) is 11.6. The van der Waals surface area contributed by atoms with Crippen molar-refractivity contribution in [2.45, 2.75) is 25.4 Å². The van der Waals surface area contributed by atoms with E-state index in [1.54, 1.807) is 0 Å². The molecule has 0 spiro atoms. The Balaban J connectivity index is 1.57. The van der Waals surface area contributed by atoms with Crippen LogP contribution >= 0.6 is 0 Å². The summed E-state index contributed by atoms with van der Waals surface area (Å²) in [4.78, 5) is 0. The summed E-state index contributed by atoms with van der Waals surface area (Å²) in [6.07, 6.45) is -0.180. The number of hydrogen-bond donors (Lipinski definition) is 1. The molecule has 0 fully saturated rings. The minimum Gasteiger partial charge on any atom is -0.486 e. The van der Waals surface area contributed by atoms with Crippen molar-refractivity contribution < 1.29 is 14.2 Å². The van der Waals surface area contributed by atoms with Crippen LogP contribution in [-0.2, 0) is 18.0 Å². The number of para-hydroxylation sites is 2. The van der Waals surface area contributed by atoms with E-state index in [0.29, 0.717) is 19.8 Å². The summed E-state index contributed by atoms with van der Waals surface area (Å²) in [5.74, 6) is 1.54.